The Kier molecular flexibility index (Phi) is 2.10. The van der Waals surface area contributed by atoms with E-state index in [1.165, 1.54) is 6.07 Å². The van der Waals surface area contributed by atoms with E-state index < -0.39 is 0 Å². The number of rotatable bonds is 1. The molecule has 0 fully saturated rings. The highest BCUT2D eigenvalue weighted by Gasteiger charge is 2.23. The number of hydrogen-bond acceptors (Lipinski definition) is 4. The van der Waals surface area contributed by atoms with E-state index in [1.807, 2.05) is 6.07 Å². The highest BCUT2D eigenvalue weighted by atomic mass is 35.5. The van der Waals surface area contributed by atoms with Crippen LogP contribution in [-0.2, 0) is 6.42 Å². The van der Waals surface area contributed by atoms with Crippen molar-refractivity contribution in [3.63, 3.8) is 0 Å². The molecule has 4 nitrogen and oxygen atoms in total. The maximum absolute atomic E-state index is 9.57. The molecule has 1 aromatic carbocycles. The predicted molar refractivity (Wildman–Crippen MR) is 48.6 cm³/mol. The fourth-order valence-electron chi connectivity index (χ4n) is 1.31. The first-order valence-corrected chi connectivity index (χ1v) is 4.28. The lowest BCUT2D eigenvalue weighted by Gasteiger charge is -2.06. The molecule has 1 aromatic rings. The van der Waals surface area contributed by atoms with Crippen molar-refractivity contribution in [3.8, 4) is 23.3 Å². The third-order valence-electron chi connectivity index (χ3n) is 1.94. The molecule has 1 aliphatic rings. The third kappa shape index (κ3) is 1.22. The molecular formula is C9H6ClNO3. The summed E-state index contributed by atoms with van der Waals surface area (Å²) in [6, 6.07) is 3.40. The normalized spacial score (nSPS) is 12.6. The van der Waals surface area contributed by atoms with Gasteiger partial charge in [-0.3, -0.25) is 0 Å². The Labute approximate surface area is 85.2 Å². The number of hydrogen-bond donors (Lipinski definition) is 1. The number of ether oxygens (including phenoxy) is 2. The maximum Gasteiger partial charge on any atom is 0.231 e. The predicted octanol–water partition coefficient (Wildman–Crippen LogP) is 1.84. The van der Waals surface area contributed by atoms with E-state index in [0.29, 0.717) is 17.1 Å². The fraction of sp³-hybridized carbons (Fsp3) is 0.222. The summed E-state index contributed by atoms with van der Waals surface area (Å²) in [5.41, 5.74) is 0.382. The molecule has 0 radical (unpaired) electrons. The first-order valence-electron chi connectivity index (χ1n) is 3.91. The average Bonchev–Trinajstić information content (AvgIpc) is 2.60. The number of benzene rings is 1. The summed E-state index contributed by atoms with van der Waals surface area (Å²) >= 11 is 5.74. The monoisotopic (exact) mass is 211 g/mol. The Bertz CT molecular complexity index is 425. The minimum Gasteiger partial charge on any atom is -0.506 e. The van der Waals surface area contributed by atoms with Crippen LogP contribution in [0.1, 0.15) is 5.56 Å². The molecule has 0 bridgehead atoms. The zero-order chi connectivity index (χ0) is 10.1. The minimum atomic E-state index is -0.113. The van der Waals surface area contributed by atoms with Gasteiger partial charge >= 0.3 is 0 Å². The van der Waals surface area contributed by atoms with Gasteiger partial charge in [0.2, 0.25) is 6.79 Å². The van der Waals surface area contributed by atoms with Gasteiger partial charge in [0.25, 0.3) is 0 Å². The Morgan fingerprint density at radius 1 is 1.57 bits per heavy atom. The van der Waals surface area contributed by atoms with Gasteiger partial charge in [-0.2, -0.15) is 5.26 Å². The van der Waals surface area contributed by atoms with Gasteiger partial charge in [0.05, 0.1) is 23.1 Å². The van der Waals surface area contributed by atoms with Crippen LogP contribution in [0.4, 0.5) is 0 Å². The van der Waals surface area contributed by atoms with Crippen molar-refractivity contribution < 1.29 is 14.6 Å². The van der Waals surface area contributed by atoms with Gasteiger partial charge < -0.3 is 14.6 Å². The van der Waals surface area contributed by atoms with Crippen molar-refractivity contribution in [1.29, 1.82) is 5.26 Å². The summed E-state index contributed by atoms with van der Waals surface area (Å²) in [4.78, 5) is 0. The number of fused-ring (bicyclic) bond motifs is 1. The molecule has 0 spiro atoms. The van der Waals surface area contributed by atoms with Gasteiger partial charge in [0, 0.05) is 6.07 Å². The second kappa shape index (κ2) is 3.28. The van der Waals surface area contributed by atoms with Crippen LogP contribution in [0.15, 0.2) is 6.07 Å². The molecule has 0 unspecified atom stereocenters. The first-order chi connectivity index (χ1) is 6.74. The zero-order valence-electron chi connectivity index (χ0n) is 7.08. The van der Waals surface area contributed by atoms with E-state index in [1.54, 1.807) is 0 Å². The van der Waals surface area contributed by atoms with Crippen LogP contribution in [0.5, 0.6) is 17.2 Å². The van der Waals surface area contributed by atoms with E-state index in [2.05, 4.69) is 0 Å². The number of phenolic OH excluding ortho intramolecular Hbond substituents is 1. The average molecular weight is 212 g/mol. The number of halogens is 1. The van der Waals surface area contributed by atoms with Crippen molar-refractivity contribution >= 4 is 11.6 Å². The van der Waals surface area contributed by atoms with Crippen LogP contribution in [0, 0.1) is 11.3 Å². The maximum atomic E-state index is 9.57. The summed E-state index contributed by atoms with van der Waals surface area (Å²) in [6.45, 7) is 0.0908. The van der Waals surface area contributed by atoms with Gasteiger partial charge in [-0.25, -0.2) is 0 Å². The second-order valence-electron chi connectivity index (χ2n) is 2.75. The van der Waals surface area contributed by atoms with Crippen LogP contribution >= 0.6 is 11.6 Å². The van der Waals surface area contributed by atoms with Crippen molar-refractivity contribution in [1.82, 2.24) is 0 Å². The van der Waals surface area contributed by atoms with Crippen LogP contribution in [0.25, 0.3) is 0 Å². The first kappa shape index (κ1) is 8.97. The Morgan fingerprint density at radius 2 is 2.36 bits per heavy atom. The molecular weight excluding hydrogens is 206 g/mol. The van der Waals surface area contributed by atoms with E-state index in [4.69, 9.17) is 26.3 Å². The smallest absolute Gasteiger partial charge is 0.231 e. The van der Waals surface area contributed by atoms with Crippen LogP contribution in [-0.4, -0.2) is 11.9 Å². The zero-order valence-corrected chi connectivity index (χ0v) is 7.84. The van der Waals surface area contributed by atoms with Crippen LogP contribution in [0.3, 0.4) is 0 Å². The molecule has 0 aliphatic carbocycles. The van der Waals surface area contributed by atoms with Crippen molar-refractivity contribution in [2.24, 2.45) is 0 Å². The van der Waals surface area contributed by atoms with Crippen molar-refractivity contribution in [3.05, 3.63) is 16.7 Å². The molecule has 0 amide bonds. The molecule has 0 saturated heterocycles. The highest BCUT2D eigenvalue weighted by Crippen LogP contribution is 2.44. The second-order valence-corrected chi connectivity index (χ2v) is 3.16. The van der Waals surface area contributed by atoms with E-state index in [0.717, 1.165) is 0 Å². The number of phenols is 1. The number of nitrogens with zero attached hydrogens (tertiary/aromatic N) is 1. The van der Waals surface area contributed by atoms with Gasteiger partial charge in [-0.05, 0) is 0 Å². The Morgan fingerprint density at radius 3 is 3.07 bits per heavy atom. The summed E-state index contributed by atoms with van der Waals surface area (Å²) in [5.74, 6) is 0.768. The van der Waals surface area contributed by atoms with Crippen LogP contribution < -0.4 is 9.47 Å². The summed E-state index contributed by atoms with van der Waals surface area (Å²) in [7, 11) is 0. The number of nitriles is 1. The molecule has 0 aromatic heterocycles. The number of aromatic hydroxyl groups is 1. The van der Waals surface area contributed by atoms with Gasteiger partial charge in [-0.15, -0.1) is 0 Å². The summed E-state index contributed by atoms with van der Waals surface area (Å²) < 4.78 is 10.2. The topological polar surface area (TPSA) is 62.5 Å². The summed E-state index contributed by atoms with van der Waals surface area (Å²) in [5, 5.41) is 18.3. The SMILES string of the molecule is N#CCc1c(O)c(Cl)cc2c1OCO2. The van der Waals surface area contributed by atoms with E-state index in [9.17, 15) is 5.11 Å². The van der Waals surface area contributed by atoms with Gasteiger partial charge in [0.1, 0.15) is 5.75 Å². The fourth-order valence-corrected chi connectivity index (χ4v) is 1.52. The molecule has 5 heteroatoms. The van der Waals surface area contributed by atoms with Crippen molar-refractivity contribution in [2.45, 2.75) is 6.42 Å². The lowest BCUT2D eigenvalue weighted by Crippen LogP contribution is -1.94. The minimum absolute atomic E-state index is 0.0398. The quantitative estimate of drug-likeness (QED) is 0.770. The van der Waals surface area contributed by atoms with Crippen molar-refractivity contribution in [2.75, 3.05) is 6.79 Å². The van der Waals surface area contributed by atoms with E-state index in [-0.39, 0.29) is 24.0 Å². The molecule has 1 heterocycles. The standard InChI is InChI=1S/C9H6ClNO3/c10-6-3-7-9(14-4-13-7)5(1-2-11)8(6)12/h3,12H,1,4H2. The highest BCUT2D eigenvalue weighted by molar-refractivity contribution is 6.32. The summed E-state index contributed by atoms with van der Waals surface area (Å²) in [6.07, 6.45) is 0.0398. The Hall–Kier alpha value is -1.60. The molecule has 72 valence electrons. The molecule has 14 heavy (non-hydrogen) atoms. The largest absolute Gasteiger partial charge is 0.506 e. The molecule has 0 atom stereocenters. The van der Waals surface area contributed by atoms with E-state index >= 15 is 0 Å². The lowest BCUT2D eigenvalue weighted by atomic mass is 10.1. The molecule has 1 N–H and O–H groups in total. The van der Waals surface area contributed by atoms with Gasteiger partial charge in [0.15, 0.2) is 11.5 Å². The molecule has 0 saturated carbocycles. The van der Waals surface area contributed by atoms with Crippen LogP contribution in [0.2, 0.25) is 5.02 Å². The van der Waals surface area contributed by atoms with Gasteiger partial charge in [-0.1, -0.05) is 11.6 Å². The molecule has 1 aliphatic heterocycles. The molecule has 2 rings (SSSR count). The Balaban J connectivity index is 2.61. The third-order valence-corrected chi connectivity index (χ3v) is 2.23. The lowest BCUT2D eigenvalue weighted by molar-refractivity contribution is 0.173.